The first-order chi connectivity index (χ1) is 9.56. The van der Waals surface area contributed by atoms with Crippen molar-refractivity contribution in [1.29, 1.82) is 0 Å². The maximum Gasteiger partial charge on any atom is 0.251 e. The lowest BCUT2D eigenvalue weighted by Crippen LogP contribution is -2.50. The van der Waals surface area contributed by atoms with Gasteiger partial charge in [-0.15, -0.1) is 0 Å². The van der Waals surface area contributed by atoms with Gasteiger partial charge in [0.15, 0.2) is 0 Å². The number of hydrogen-bond acceptors (Lipinski definition) is 3. The van der Waals surface area contributed by atoms with Crippen molar-refractivity contribution in [2.45, 2.75) is 58.4 Å². The molecule has 1 aliphatic rings. The summed E-state index contributed by atoms with van der Waals surface area (Å²) in [5.41, 5.74) is 1.69. The van der Waals surface area contributed by atoms with Gasteiger partial charge in [-0.05, 0) is 51.7 Å². The Morgan fingerprint density at radius 2 is 2.10 bits per heavy atom. The first-order valence-corrected chi connectivity index (χ1v) is 7.63. The summed E-state index contributed by atoms with van der Waals surface area (Å²) in [6.07, 6.45) is 5.28. The SMILES string of the molecule is CCCc1cc(C(=O)NC2(C)CCC2)cc(NCC)n1. The number of aromatic nitrogens is 1. The summed E-state index contributed by atoms with van der Waals surface area (Å²) in [5, 5.41) is 6.35. The predicted molar refractivity (Wildman–Crippen MR) is 82.1 cm³/mol. The summed E-state index contributed by atoms with van der Waals surface area (Å²) in [7, 11) is 0. The van der Waals surface area contributed by atoms with E-state index in [-0.39, 0.29) is 11.4 Å². The Morgan fingerprint density at radius 1 is 1.35 bits per heavy atom. The van der Waals surface area contributed by atoms with E-state index in [2.05, 4.69) is 29.5 Å². The highest BCUT2D eigenvalue weighted by Gasteiger charge is 2.33. The minimum Gasteiger partial charge on any atom is -0.370 e. The van der Waals surface area contributed by atoms with E-state index in [4.69, 9.17) is 0 Å². The number of nitrogens with zero attached hydrogens (tertiary/aromatic N) is 1. The molecule has 1 heterocycles. The van der Waals surface area contributed by atoms with E-state index < -0.39 is 0 Å². The second-order valence-corrected chi connectivity index (χ2v) is 5.88. The van der Waals surface area contributed by atoms with Crippen molar-refractivity contribution in [1.82, 2.24) is 10.3 Å². The van der Waals surface area contributed by atoms with Crippen LogP contribution in [-0.4, -0.2) is 23.0 Å². The molecule has 1 aromatic heterocycles. The van der Waals surface area contributed by atoms with Gasteiger partial charge in [0.05, 0.1) is 0 Å². The Kier molecular flexibility index (Phi) is 4.63. The normalized spacial score (nSPS) is 16.4. The first-order valence-electron chi connectivity index (χ1n) is 7.63. The molecule has 0 atom stereocenters. The summed E-state index contributed by atoms with van der Waals surface area (Å²) in [5.74, 6) is 0.813. The van der Waals surface area contributed by atoms with E-state index in [0.29, 0.717) is 5.56 Å². The monoisotopic (exact) mass is 275 g/mol. The summed E-state index contributed by atoms with van der Waals surface area (Å²) in [6, 6.07) is 3.77. The fourth-order valence-electron chi connectivity index (χ4n) is 2.55. The number of rotatable bonds is 6. The molecule has 0 unspecified atom stereocenters. The fourth-order valence-corrected chi connectivity index (χ4v) is 2.55. The zero-order chi connectivity index (χ0) is 14.6. The van der Waals surface area contributed by atoms with Crippen LogP contribution in [0.5, 0.6) is 0 Å². The highest BCUT2D eigenvalue weighted by atomic mass is 16.1. The average Bonchev–Trinajstić information content (AvgIpc) is 2.37. The van der Waals surface area contributed by atoms with Crippen LogP contribution in [0, 0.1) is 0 Å². The van der Waals surface area contributed by atoms with Crippen molar-refractivity contribution < 1.29 is 4.79 Å². The van der Waals surface area contributed by atoms with E-state index >= 15 is 0 Å². The number of aryl methyl sites for hydroxylation is 1. The third kappa shape index (κ3) is 3.50. The molecule has 0 spiro atoms. The smallest absolute Gasteiger partial charge is 0.251 e. The predicted octanol–water partition coefficient (Wildman–Crippen LogP) is 3.14. The highest BCUT2D eigenvalue weighted by Crippen LogP contribution is 2.31. The Labute approximate surface area is 121 Å². The number of amides is 1. The quantitative estimate of drug-likeness (QED) is 0.838. The highest BCUT2D eigenvalue weighted by molar-refractivity contribution is 5.95. The molecule has 4 nitrogen and oxygen atoms in total. The van der Waals surface area contributed by atoms with Crippen LogP contribution in [0.4, 0.5) is 5.82 Å². The number of carbonyl (C=O) groups excluding carboxylic acids is 1. The molecule has 1 amide bonds. The van der Waals surface area contributed by atoms with E-state index in [1.54, 1.807) is 0 Å². The molecule has 2 rings (SSSR count). The van der Waals surface area contributed by atoms with E-state index in [1.807, 2.05) is 19.1 Å². The van der Waals surface area contributed by atoms with Gasteiger partial charge >= 0.3 is 0 Å². The molecule has 0 radical (unpaired) electrons. The molecular formula is C16H25N3O. The van der Waals surface area contributed by atoms with Crippen LogP contribution in [-0.2, 0) is 6.42 Å². The molecule has 20 heavy (non-hydrogen) atoms. The summed E-state index contributed by atoms with van der Waals surface area (Å²) >= 11 is 0. The molecule has 1 aromatic rings. The Balaban J connectivity index is 2.17. The summed E-state index contributed by atoms with van der Waals surface area (Å²) in [4.78, 5) is 16.9. The number of pyridine rings is 1. The number of anilines is 1. The lowest BCUT2D eigenvalue weighted by atomic mass is 9.78. The molecule has 0 aromatic carbocycles. The van der Waals surface area contributed by atoms with Crippen LogP contribution in [0.3, 0.4) is 0 Å². The molecule has 1 aliphatic carbocycles. The second-order valence-electron chi connectivity index (χ2n) is 5.88. The van der Waals surface area contributed by atoms with E-state index in [1.165, 1.54) is 6.42 Å². The molecule has 4 heteroatoms. The van der Waals surface area contributed by atoms with Crippen molar-refractivity contribution >= 4 is 11.7 Å². The third-order valence-electron chi connectivity index (χ3n) is 3.88. The van der Waals surface area contributed by atoms with Gasteiger partial charge in [-0.2, -0.15) is 0 Å². The van der Waals surface area contributed by atoms with Gasteiger partial charge in [0.2, 0.25) is 0 Å². The van der Waals surface area contributed by atoms with Crippen LogP contribution in [0.1, 0.15) is 62.5 Å². The van der Waals surface area contributed by atoms with Gasteiger partial charge in [0.1, 0.15) is 5.82 Å². The summed E-state index contributed by atoms with van der Waals surface area (Å²) in [6.45, 7) is 7.08. The van der Waals surface area contributed by atoms with Crippen LogP contribution in [0.25, 0.3) is 0 Å². The molecule has 0 saturated heterocycles. The number of hydrogen-bond donors (Lipinski definition) is 2. The van der Waals surface area contributed by atoms with Gasteiger partial charge in [-0.3, -0.25) is 4.79 Å². The van der Waals surface area contributed by atoms with Gasteiger partial charge in [0.25, 0.3) is 5.91 Å². The minimum atomic E-state index is -0.0103. The van der Waals surface area contributed by atoms with Crippen molar-refractivity contribution in [2.24, 2.45) is 0 Å². The van der Waals surface area contributed by atoms with Crippen LogP contribution >= 0.6 is 0 Å². The van der Waals surface area contributed by atoms with Gasteiger partial charge in [0, 0.05) is 23.3 Å². The lowest BCUT2D eigenvalue weighted by Gasteiger charge is -2.39. The van der Waals surface area contributed by atoms with Crippen LogP contribution in [0.15, 0.2) is 12.1 Å². The average molecular weight is 275 g/mol. The Bertz CT molecular complexity index is 456. The zero-order valence-electron chi connectivity index (χ0n) is 12.8. The van der Waals surface area contributed by atoms with Crippen molar-refractivity contribution in [3.63, 3.8) is 0 Å². The van der Waals surface area contributed by atoms with Crippen molar-refractivity contribution in [2.75, 3.05) is 11.9 Å². The molecule has 0 bridgehead atoms. The van der Waals surface area contributed by atoms with Crippen molar-refractivity contribution in [3.8, 4) is 0 Å². The van der Waals surface area contributed by atoms with Gasteiger partial charge in [-0.1, -0.05) is 13.3 Å². The first kappa shape index (κ1) is 14.8. The Morgan fingerprint density at radius 3 is 2.65 bits per heavy atom. The maximum atomic E-state index is 12.4. The molecular weight excluding hydrogens is 250 g/mol. The number of nitrogens with one attached hydrogen (secondary N) is 2. The topological polar surface area (TPSA) is 54.0 Å². The Hall–Kier alpha value is -1.58. The summed E-state index contributed by atoms with van der Waals surface area (Å²) < 4.78 is 0. The van der Waals surface area contributed by atoms with Crippen LogP contribution in [0.2, 0.25) is 0 Å². The molecule has 1 fully saturated rings. The largest absolute Gasteiger partial charge is 0.370 e. The van der Waals surface area contributed by atoms with Gasteiger partial charge < -0.3 is 10.6 Å². The standard InChI is InChI=1S/C16H25N3O/c1-4-7-13-10-12(11-14(18-13)17-5-2)15(20)19-16(3)8-6-9-16/h10-11H,4-9H2,1-3H3,(H,17,18)(H,19,20). The lowest BCUT2D eigenvalue weighted by molar-refractivity contribution is 0.0850. The molecule has 1 saturated carbocycles. The zero-order valence-corrected chi connectivity index (χ0v) is 12.8. The molecule has 2 N–H and O–H groups in total. The van der Waals surface area contributed by atoms with Gasteiger partial charge in [-0.25, -0.2) is 4.98 Å². The van der Waals surface area contributed by atoms with E-state index in [9.17, 15) is 4.79 Å². The molecule has 110 valence electrons. The van der Waals surface area contributed by atoms with E-state index in [0.717, 1.165) is 43.7 Å². The van der Waals surface area contributed by atoms with Crippen LogP contribution < -0.4 is 10.6 Å². The fraction of sp³-hybridized carbons (Fsp3) is 0.625. The minimum absolute atomic E-state index is 0.0103. The third-order valence-corrected chi connectivity index (χ3v) is 3.88. The number of carbonyl (C=O) groups is 1. The maximum absolute atomic E-state index is 12.4. The second kappa shape index (κ2) is 6.25. The van der Waals surface area contributed by atoms with Crippen molar-refractivity contribution in [3.05, 3.63) is 23.4 Å². The molecule has 0 aliphatic heterocycles.